The number of carbonyl (C=O) groups is 2. The lowest BCUT2D eigenvalue weighted by molar-refractivity contribution is -0.121. The molecule has 0 aliphatic carbocycles. The summed E-state index contributed by atoms with van der Waals surface area (Å²) in [6, 6.07) is 19.2. The number of para-hydroxylation sites is 1. The molecular weight excluding hydrogens is 358 g/mol. The molecule has 2 aromatic carbocycles. The molecular formula is C21H19N3O2S. The van der Waals surface area contributed by atoms with E-state index in [1.165, 1.54) is 11.8 Å². The fourth-order valence-electron chi connectivity index (χ4n) is 2.94. The predicted molar refractivity (Wildman–Crippen MR) is 107 cm³/mol. The molecule has 0 spiro atoms. The molecule has 136 valence electrons. The van der Waals surface area contributed by atoms with Crippen molar-refractivity contribution in [2.24, 2.45) is 0 Å². The highest BCUT2D eigenvalue weighted by Crippen LogP contribution is 2.35. The Morgan fingerprint density at radius 2 is 1.93 bits per heavy atom. The van der Waals surface area contributed by atoms with E-state index in [1.54, 1.807) is 0 Å². The molecule has 0 aromatic heterocycles. The minimum atomic E-state index is -0.285. The van der Waals surface area contributed by atoms with Crippen molar-refractivity contribution >= 4 is 29.3 Å². The normalized spacial score (nSPS) is 16.4. The molecule has 1 heterocycles. The van der Waals surface area contributed by atoms with Crippen LogP contribution in [0.1, 0.15) is 23.5 Å². The van der Waals surface area contributed by atoms with Crippen molar-refractivity contribution in [3.8, 4) is 6.07 Å². The number of aryl methyl sites for hydroxylation is 1. The molecule has 1 aliphatic rings. The Hall–Kier alpha value is -3.04. The number of allylic oxidation sites excluding steroid dienone is 1. The van der Waals surface area contributed by atoms with Gasteiger partial charge < -0.3 is 10.6 Å². The molecule has 27 heavy (non-hydrogen) atoms. The van der Waals surface area contributed by atoms with Crippen molar-refractivity contribution < 1.29 is 9.59 Å². The Bertz CT molecular complexity index is 932. The fourth-order valence-corrected chi connectivity index (χ4v) is 3.82. The molecule has 3 rings (SSSR count). The Morgan fingerprint density at radius 3 is 2.63 bits per heavy atom. The third-order valence-corrected chi connectivity index (χ3v) is 5.34. The van der Waals surface area contributed by atoms with Gasteiger partial charge in [0.1, 0.15) is 0 Å². The molecule has 0 saturated heterocycles. The molecule has 2 aromatic rings. The molecule has 5 nitrogen and oxygen atoms in total. The van der Waals surface area contributed by atoms with Crippen LogP contribution in [0.5, 0.6) is 0 Å². The topological polar surface area (TPSA) is 82.0 Å². The maximum absolute atomic E-state index is 12.3. The van der Waals surface area contributed by atoms with Crippen molar-refractivity contribution in [1.29, 1.82) is 5.26 Å². The molecule has 0 radical (unpaired) electrons. The number of carbonyl (C=O) groups excluding carboxylic acids is 2. The van der Waals surface area contributed by atoms with Crippen LogP contribution in [-0.2, 0) is 9.59 Å². The zero-order valence-electron chi connectivity index (χ0n) is 14.9. The second-order valence-corrected chi connectivity index (χ2v) is 7.21. The number of nitrogens with zero attached hydrogens (tertiary/aromatic N) is 1. The Kier molecular flexibility index (Phi) is 5.94. The Morgan fingerprint density at radius 1 is 1.22 bits per heavy atom. The Balaban J connectivity index is 1.74. The van der Waals surface area contributed by atoms with Crippen LogP contribution in [-0.4, -0.2) is 17.6 Å². The summed E-state index contributed by atoms with van der Waals surface area (Å²) in [5.41, 5.74) is 3.15. The zero-order valence-corrected chi connectivity index (χ0v) is 15.7. The maximum Gasteiger partial charge on any atom is 0.234 e. The van der Waals surface area contributed by atoms with E-state index in [1.807, 2.05) is 61.5 Å². The van der Waals surface area contributed by atoms with Gasteiger partial charge in [-0.2, -0.15) is 5.26 Å². The largest absolute Gasteiger partial charge is 0.325 e. The average molecular weight is 377 g/mol. The SMILES string of the molecule is Cc1ccccc1NC(=O)CSC1=C(C#N)[C@H](c2ccccc2)CC(=O)N1. The summed E-state index contributed by atoms with van der Waals surface area (Å²) in [5, 5.41) is 15.7. The van der Waals surface area contributed by atoms with E-state index in [9.17, 15) is 14.9 Å². The van der Waals surface area contributed by atoms with Crippen molar-refractivity contribution in [2.45, 2.75) is 19.3 Å². The molecule has 0 fully saturated rings. The summed E-state index contributed by atoms with van der Waals surface area (Å²) in [7, 11) is 0. The fraction of sp³-hybridized carbons (Fsp3) is 0.190. The zero-order chi connectivity index (χ0) is 19.2. The average Bonchev–Trinajstić information content (AvgIpc) is 2.68. The first kappa shape index (κ1) is 18.7. The van der Waals surface area contributed by atoms with E-state index >= 15 is 0 Å². The predicted octanol–water partition coefficient (Wildman–Crippen LogP) is 3.71. The van der Waals surface area contributed by atoms with Gasteiger partial charge in [0.2, 0.25) is 11.8 Å². The summed E-state index contributed by atoms with van der Waals surface area (Å²) in [5.74, 6) is -0.511. The van der Waals surface area contributed by atoms with E-state index in [0.29, 0.717) is 10.6 Å². The number of nitrogens with one attached hydrogen (secondary N) is 2. The van der Waals surface area contributed by atoms with Gasteiger partial charge in [-0.3, -0.25) is 9.59 Å². The Labute approximate surface area is 162 Å². The van der Waals surface area contributed by atoms with Crippen molar-refractivity contribution in [3.05, 3.63) is 76.3 Å². The molecule has 6 heteroatoms. The van der Waals surface area contributed by atoms with Gasteiger partial charge in [0, 0.05) is 18.0 Å². The lowest BCUT2D eigenvalue weighted by atomic mass is 9.87. The number of hydrogen-bond acceptors (Lipinski definition) is 4. The number of nitriles is 1. The van der Waals surface area contributed by atoms with Crippen LogP contribution in [0.4, 0.5) is 5.69 Å². The van der Waals surface area contributed by atoms with Gasteiger partial charge in [0.05, 0.1) is 22.4 Å². The number of anilines is 1. The summed E-state index contributed by atoms with van der Waals surface area (Å²) in [6.07, 6.45) is 0.229. The first-order valence-corrected chi connectivity index (χ1v) is 9.54. The summed E-state index contributed by atoms with van der Waals surface area (Å²) in [6.45, 7) is 1.92. The monoisotopic (exact) mass is 377 g/mol. The number of rotatable bonds is 5. The van der Waals surface area contributed by atoms with Crippen molar-refractivity contribution in [2.75, 3.05) is 11.1 Å². The number of benzene rings is 2. The van der Waals surface area contributed by atoms with E-state index in [0.717, 1.165) is 16.8 Å². The summed E-state index contributed by atoms with van der Waals surface area (Å²) < 4.78 is 0. The minimum Gasteiger partial charge on any atom is -0.325 e. The number of amides is 2. The van der Waals surface area contributed by atoms with Gasteiger partial charge in [0.15, 0.2) is 0 Å². The highest BCUT2D eigenvalue weighted by molar-refractivity contribution is 8.03. The van der Waals surface area contributed by atoms with Gasteiger partial charge in [0.25, 0.3) is 0 Å². The van der Waals surface area contributed by atoms with Gasteiger partial charge in [-0.25, -0.2) is 0 Å². The summed E-state index contributed by atoms with van der Waals surface area (Å²) >= 11 is 1.18. The van der Waals surface area contributed by atoms with E-state index in [2.05, 4.69) is 16.7 Å². The molecule has 0 unspecified atom stereocenters. The third kappa shape index (κ3) is 4.57. The van der Waals surface area contributed by atoms with Gasteiger partial charge in [-0.1, -0.05) is 60.3 Å². The van der Waals surface area contributed by atoms with E-state index in [4.69, 9.17) is 0 Å². The highest BCUT2D eigenvalue weighted by Gasteiger charge is 2.29. The highest BCUT2D eigenvalue weighted by atomic mass is 32.2. The van der Waals surface area contributed by atoms with Crippen LogP contribution in [0.25, 0.3) is 0 Å². The van der Waals surface area contributed by atoms with Crippen LogP contribution in [0.2, 0.25) is 0 Å². The van der Waals surface area contributed by atoms with Crippen LogP contribution in [0.3, 0.4) is 0 Å². The van der Waals surface area contributed by atoms with Crippen LogP contribution in [0, 0.1) is 18.3 Å². The van der Waals surface area contributed by atoms with Gasteiger partial charge in [-0.05, 0) is 24.1 Å². The standard InChI is InChI=1S/C21H19N3O2S/c1-14-7-5-6-10-18(14)23-20(26)13-27-21-17(12-22)16(11-19(25)24-21)15-8-3-2-4-9-15/h2-10,16H,11,13H2,1H3,(H,23,26)(H,24,25)/t16-/m0/s1. The molecule has 2 amide bonds. The molecule has 0 saturated carbocycles. The first-order valence-electron chi connectivity index (χ1n) is 8.56. The minimum absolute atomic E-state index is 0.108. The van der Waals surface area contributed by atoms with Crippen molar-refractivity contribution in [3.63, 3.8) is 0 Å². The second kappa shape index (κ2) is 8.56. The summed E-state index contributed by atoms with van der Waals surface area (Å²) in [4.78, 5) is 24.4. The number of hydrogen-bond donors (Lipinski definition) is 2. The first-order chi connectivity index (χ1) is 13.1. The van der Waals surface area contributed by atoms with Crippen molar-refractivity contribution in [1.82, 2.24) is 5.32 Å². The molecule has 0 bridgehead atoms. The van der Waals surface area contributed by atoms with Crippen LogP contribution < -0.4 is 10.6 Å². The lowest BCUT2D eigenvalue weighted by Gasteiger charge is -2.25. The maximum atomic E-state index is 12.3. The smallest absolute Gasteiger partial charge is 0.234 e. The van der Waals surface area contributed by atoms with Crippen LogP contribution >= 0.6 is 11.8 Å². The van der Waals surface area contributed by atoms with E-state index in [-0.39, 0.29) is 29.9 Å². The molecule has 1 aliphatic heterocycles. The number of thioether (sulfide) groups is 1. The third-order valence-electron chi connectivity index (χ3n) is 4.32. The quantitative estimate of drug-likeness (QED) is 0.832. The lowest BCUT2D eigenvalue weighted by Crippen LogP contribution is -2.31. The van der Waals surface area contributed by atoms with Gasteiger partial charge in [-0.15, -0.1) is 0 Å². The molecule has 2 N–H and O–H groups in total. The van der Waals surface area contributed by atoms with Crippen LogP contribution in [0.15, 0.2) is 65.2 Å². The van der Waals surface area contributed by atoms with Gasteiger partial charge >= 0.3 is 0 Å². The van der Waals surface area contributed by atoms with E-state index < -0.39 is 0 Å². The second-order valence-electron chi connectivity index (χ2n) is 6.22. The molecule has 1 atom stereocenters.